The molecule has 34 heavy (non-hydrogen) atoms. The Morgan fingerprint density at radius 1 is 1.15 bits per heavy atom. The molecule has 2 amide bonds. The summed E-state index contributed by atoms with van der Waals surface area (Å²) < 4.78 is 10.6. The highest BCUT2D eigenvalue weighted by atomic mass is 16.6. The average Bonchev–Trinajstić information content (AvgIpc) is 2.82. The van der Waals surface area contributed by atoms with Crippen molar-refractivity contribution in [2.45, 2.75) is 38.5 Å². The van der Waals surface area contributed by atoms with Crippen LogP contribution < -0.4 is 11.1 Å². The summed E-state index contributed by atoms with van der Waals surface area (Å²) in [6.07, 6.45) is -0.899. The molecule has 10 nitrogen and oxygen atoms in total. The van der Waals surface area contributed by atoms with Gasteiger partial charge in [0.25, 0.3) is 5.69 Å². The van der Waals surface area contributed by atoms with E-state index in [1.807, 2.05) is 37.3 Å². The molecule has 1 aliphatic heterocycles. The van der Waals surface area contributed by atoms with Crippen LogP contribution in [0, 0.1) is 16.0 Å². The SMILES string of the molecule is CC(CN1CCC(C(OC(N)=O)c2ccccc2[N+](=O)[O-])CC1)NC(=O)OCc1ccccc1. The smallest absolute Gasteiger partial charge is 0.407 e. The molecule has 2 aromatic carbocycles. The van der Waals surface area contributed by atoms with Crippen molar-refractivity contribution < 1.29 is 24.0 Å². The Labute approximate surface area is 198 Å². The third-order valence-corrected chi connectivity index (χ3v) is 5.85. The summed E-state index contributed by atoms with van der Waals surface area (Å²) in [5, 5.41) is 14.3. The number of nitrogens with zero attached hydrogens (tertiary/aromatic N) is 2. The molecule has 0 radical (unpaired) electrons. The highest BCUT2D eigenvalue weighted by molar-refractivity contribution is 5.67. The number of rotatable bonds is 9. The van der Waals surface area contributed by atoms with Crippen LogP contribution in [0.1, 0.15) is 37.0 Å². The minimum atomic E-state index is -0.961. The topological polar surface area (TPSA) is 137 Å². The maximum absolute atomic E-state index is 12.1. The monoisotopic (exact) mass is 470 g/mol. The van der Waals surface area contributed by atoms with E-state index in [1.165, 1.54) is 6.07 Å². The van der Waals surface area contributed by atoms with Crippen LogP contribution in [0.2, 0.25) is 0 Å². The molecule has 1 fully saturated rings. The molecule has 182 valence electrons. The van der Waals surface area contributed by atoms with Gasteiger partial charge in [-0.05, 0) is 44.5 Å². The number of amides is 2. The number of hydrogen-bond donors (Lipinski definition) is 2. The molecule has 2 atom stereocenters. The Kier molecular flexibility index (Phi) is 8.80. The fraction of sp³-hybridized carbons (Fsp3) is 0.417. The number of nitrogens with two attached hydrogens (primary N) is 1. The normalized spacial score (nSPS) is 16.3. The van der Waals surface area contributed by atoms with Crippen molar-refractivity contribution in [3.05, 3.63) is 75.8 Å². The highest BCUT2D eigenvalue weighted by Crippen LogP contribution is 2.37. The number of nitro benzene ring substituents is 1. The maximum atomic E-state index is 12.1. The second kappa shape index (κ2) is 12.0. The van der Waals surface area contributed by atoms with Crippen LogP contribution in [0.15, 0.2) is 54.6 Å². The Morgan fingerprint density at radius 3 is 2.44 bits per heavy atom. The van der Waals surface area contributed by atoms with Gasteiger partial charge in [0.2, 0.25) is 0 Å². The molecule has 3 rings (SSSR count). The number of ether oxygens (including phenoxy) is 2. The lowest BCUT2D eigenvalue weighted by molar-refractivity contribution is -0.386. The number of carbonyl (C=O) groups excluding carboxylic acids is 2. The number of piperidine rings is 1. The quantitative estimate of drug-likeness (QED) is 0.420. The van der Waals surface area contributed by atoms with Gasteiger partial charge in [-0.25, -0.2) is 9.59 Å². The van der Waals surface area contributed by atoms with E-state index in [1.54, 1.807) is 18.2 Å². The van der Waals surface area contributed by atoms with Gasteiger partial charge in [0.15, 0.2) is 0 Å². The Balaban J connectivity index is 1.51. The second-order valence-corrected chi connectivity index (χ2v) is 8.42. The molecule has 0 aromatic heterocycles. The average molecular weight is 471 g/mol. The van der Waals surface area contributed by atoms with Gasteiger partial charge in [-0.3, -0.25) is 10.1 Å². The van der Waals surface area contributed by atoms with Crippen molar-refractivity contribution in [2.75, 3.05) is 19.6 Å². The lowest BCUT2D eigenvalue weighted by Crippen LogP contribution is -2.45. The van der Waals surface area contributed by atoms with Crippen molar-refractivity contribution in [2.24, 2.45) is 11.7 Å². The molecule has 1 heterocycles. The van der Waals surface area contributed by atoms with E-state index < -0.39 is 23.2 Å². The van der Waals surface area contributed by atoms with Crippen LogP contribution in [0.4, 0.5) is 15.3 Å². The molecular weight excluding hydrogens is 440 g/mol. The highest BCUT2D eigenvalue weighted by Gasteiger charge is 2.34. The minimum absolute atomic E-state index is 0.0944. The number of nitro groups is 1. The first-order chi connectivity index (χ1) is 16.3. The first-order valence-electron chi connectivity index (χ1n) is 11.2. The first-order valence-corrected chi connectivity index (χ1v) is 11.2. The standard InChI is InChI=1S/C24H30N4O6/c1-17(26-24(30)33-16-18-7-3-2-4-8-18)15-27-13-11-19(12-14-27)22(34-23(25)29)20-9-5-6-10-21(20)28(31)32/h2-10,17,19,22H,11-16H2,1H3,(H2,25,29)(H,26,30). The van der Waals surface area contributed by atoms with Crippen LogP contribution in [-0.2, 0) is 16.1 Å². The summed E-state index contributed by atoms with van der Waals surface area (Å²) in [7, 11) is 0. The van der Waals surface area contributed by atoms with Crippen molar-refractivity contribution >= 4 is 17.9 Å². The number of likely N-dealkylation sites (tertiary alicyclic amines) is 1. The zero-order valence-corrected chi connectivity index (χ0v) is 19.1. The number of para-hydroxylation sites is 1. The summed E-state index contributed by atoms with van der Waals surface area (Å²) in [5.74, 6) is -0.107. The first kappa shape index (κ1) is 25.0. The second-order valence-electron chi connectivity index (χ2n) is 8.42. The Bertz CT molecular complexity index is 978. The fourth-order valence-corrected chi connectivity index (χ4v) is 4.27. The largest absolute Gasteiger partial charge is 0.445 e. The lowest BCUT2D eigenvalue weighted by atomic mass is 9.86. The van der Waals surface area contributed by atoms with Gasteiger partial charge in [0.1, 0.15) is 12.7 Å². The van der Waals surface area contributed by atoms with Crippen molar-refractivity contribution in [3.8, 4) is 0 Å². The van der Waals surface area contributed by atoms with Gasteiger partial charge in [-0.1, -0.05) is 42.5 Å². The summed E-state index contributed by atoms with van der Waals surface area (Å²) >= 11 is 0. The van der Waals surface area contributed by atoms with Crippen molar-refractivity contribution in [1.82, 2.24) is 10.2 Å². The molecule has 0 aliphatic carbocycles. The third kappa shape index (κ3) is 7.17. The molecule has 0 spiro atoms. The Morgan fingerprint density at radius 2 is 1.79 bits per heavy atom. The molecule has 2 unspecified atom stereocenters. The van der Waals surface area contributed by atoms with Crippen molar-refractivity contribution in [3.63, 3.8) is 0 Å². The van der Waals surface area contributed by atoms with Gasteiger partial charge < -0.3 is 25.4 Å². The third-order valence-electron chi connectivity index (χ3n) is 5.85. The molecule has 2 aromatic rings. The van der Waals surface area contributed by atoms with Gasteiger partial charge >= 0.3 is 12.2 Å². The maximum Gasteiger partial charge on any atom is 0.407 e. The summed E-state index contributed by atoms with van der Waals surface area (Å²) in [6.45, 7) is 4.11. The molecular formula is C24H30N4O6. The predicted octanol–water partition coefficient (Wildman–Crippen LogP) is 3.76. The van der Waals surface area contributed by atoms with Crippen LogP contribution in [0.3, 0.4) is 0 Å². The van der Waals surface area contributed by atoms with Crippen LogP contribution in [0.25, 0.3) is 0 Å². The van der Waals surface area contributed by atoms with E-state index in [9.17, 15) is 19.7 Å². The van der Waals surface area contributed by atoms with Crippen LogP contribution in [0.5, 0.6) is 0 Å². The number of nitrogens with one attached hydrogen (secondary N) is 1. The molecule has 1 saturated heterocycles. The molecule has 0 bridgehead atoms. The summed E-state index contributed by atoms with van der Waals surface area (Å²) in [4.78, 5) is 36.8. The number of carbonyl (C=O) groups is 2. The number of hydrogen-bond acceptors (Lipinski definition) is 7. The predicted molar refractivity (Wildman–Crippen MR) is 125 cm³/mol. The minimum Gasteiger partial charge on any atom is -0.445 e. The number of alkyl carbamates (subject to hydrolysis) is 1. The molecule has 3 N–H and O–H groups in total. The van der Waals surface area contributed by atoms with E-state index in [-0.39, 0.29) is 24.3 Å². The van der Waals surface area contributed by atoms with E-state index in [0.29, 0.717) is 38.0 Å². The summed E-state index contributed by atoms with van der Waals surface area (Å²) in [5.41, 5.74) is 6.44. The van der Waals surface area contributed by atoms with E-state index in [0.717, 1.165) is 5.56 Å². The summed E-state index contributed by atoms with van der Waals surface area (Å²) in [6, 6.07) is 15.6. The Hall–Kier alpha value is -3.66. The van der Waals surface area contributed by atoms with Gasteiger partial charge in [-0.2, -0.15) is 0 Å². The number of primary amides is 1. The van der Waals surface area contributed by atoms with Crippen LogP contribution in [-0.4, -0.2) is 47.7 Å². The van der Waals surface area contributed by atoms with E-state index >= 15 is 0 Å². The molecule has 1 aliphatic rings. The van der Waals surface area contributed by atoms with Gasteiger partial charge in [0, 0.05) is 24.6 Å². The lowest BCUT2D eigenvalue weighted by Gasteiger charge is -2.36. The van der Waals surface area contributed by atoms with E-state index in [2.05, 4.69) is 10.2 Å². The van der Waals surface area contributed by atoms with Crippen molar-refractivity contribution in [1.29, 1.82) is 0 Å². The molecule has 10 heteroatoms. The zero-order chi connectivity index (χ0) is 24.5. The van der Waals surface area contributed by atoms with Gasteiger partial charge in [0.05, 0.1) is 10.5 Å². The van der Waals surface area contributed by atoms with Crippen LogP contribution >= 0.6 is 0 Å². The van der Waals surface area contributed by atoms with Gasteiger partial charge in [-0.15, -0.1) is 0 Å². The van der Waals surface area contributed by atoms with E-state index in [4.69, 9.17) is 15.2 Å². The zero-order valence-electron chi connectivity index (χ0n) is 19.1. The fourth-order valence-electron chi connectivity index (χ4n) is 4.27. The number of benzene rings is 2. The molecule has 0 saturated carbocycles.